The zero-order valence-corrected chi connectivity index (χ0v) is 20.2. The number of nitrogens with two attached hydrogens (primary N) is 2. The number of rotatable bonds is 9. The quantitative estimate of drug-likeness (QED) is 0.243. The molecule has 5 rings (SSSR count). The van der Waals surface area contributed by atoms with Gasteiger partial charge in [-0.3, -0.25) is 9.89 Å². The standard InChI is InChI=1S/C27H33N7O2/c28-13-17-6-8-19(9-7-17)27(35)32-24(16-36-15-18-4-2-1-3-5-18)26-30-14-23(31-26)20-10-11-21-22(12-20)33-34-25(21)29/h1-5,10-12,14,17,19,24H,6-9,13,15-16,28H2,(H,30,31)(H,32,35)(H3,29,33,34)/t17-,19-,24-/m0/s1. The van der Waals surface area contributed by atoms with E-state index in [1.807, 2.05) is 54.7 Å². The van der Waals surface area contributed by atoms with Crippen molar-refractivity contribution in [3.8, 4) is 11.3 Å². The topological polar surface area (TPSA) is 148 Å². The van der Waals surface area contributed by atoms with Crippen LogP contribution in [0.25, 0.3) is 22.2 Å². The van der Waals surface area contributed by atoms with Crippen molar-refractivity contribution >= 4 is 22.6 Å². The van der Waals surface area contributed by atoms with Gasteiger partial charge in [0.05, 0.1) is 24.4 Å². The Morgan fingerprint density at radius 3 is 2.72 bits per heavy atom. The summed E-state index contributed by atoms with van der Waals surface area (Å²) < 4.78 is 6.02. The second-order valence-electron chi connectivity index (χ2n) is 9.56. The number of carbonyl (C=O) groups is 1. The second-order valence-corrected chi connectivity index (χ2v) is 9.56. The van der Waals surface area contributed by atoms with Crippen LogP contribution < -0.4 is 16.8 Å². The fourth-order valence-electron chi connectivity index (χ4n) is 4.87. The fraction of sp³-hybridized carbons (Fsp3) is 0.370. The summed E-state index contributed by atoms with van der Waals surface area (Å²) in [4.78, 5) is 21.2. The van der Waals surface area contributed by atoms with Gasteiger partial charge in [0.1, 0.15) is 11.9 Å². The maximum Gasteiger partial charge on any atom is 0.223 e. The fourth-order valence-corrected chi connectivity index (χ4v) is 4.87. The van der Waals surface area contributed by atoms with Crippen LogP contribution in [-0.4, -0.2) is 39.2 Å². The van der Waals surface area contributed by atoms with Crippen molar-refractivity contribution in [1.82, 2.24) is 25.5 Å². The van der Waals surface area contributed by atoms with Gasteiger partial charge in [-0.05, 0) is 55.8 Å². The van der Waals surface area contributed by atoms with Gasteiger partial charge in [0.15, 0.2) is 5.82 Å². The molecule has 2 heterocycles. The number of imidazole rings is 1. The molecule has 0 aliphatic heterocycles. The molecule has 188 valence electrons. The highest BCUT2D eigenvalue weighted by Gasteiger charge is 2.28. The van der Waals surface area contributed by atoms with Crippen molar-refractivity contribution in [2.24, 2.45) is 17.6 Å². The third kappa shape index (κ3) is 5.42. The summed E-state index contributed by atoms with van der Waals surface area (Å²) in [6, 6.07) is 15.4. The monoisotopic (exact) mass is 487 g/mol. The number of nitrogen functional groups attached to an aromatic ring is 1. The number of H-pyrrole nitrogens is 2. The van der Waals surface area contributed by atoms with E-state index in [-0.39, 0.29) is 11.8 Å². The van der Waals surface area contributed by atoms with Crippen LogP contribution in [0.5, 0.6) is 0 Å². The molecule has 9 nitrogen and oxygen atoms in total. The molecule has 1 fully saturated rings. The Balaban J connectivity index is 1.31. The average molecular weight is 488 g/mol. The van der Waals surface area contributed by atoms with Gasteiger partial charge in [0, 0.05) is 23.1 Å². The smallest absolute Gasteiger partial charge is 0.223 e. The average Bonchev–Trinajstić information content (AvgIpc) is 3.56. The molecule has 1 aliphatic rings. The normalized spacial score (nSPS) is 18.8. The van der Waals surface area contributed by atoms with Gasteiger partial charge in [0.25, 0.3) is 0 Å². The van der Waals surface area contributed by atoms with Gasteiger partial charge in [-0.2, -0.15) is 5.10 Å². The number of nitrogens with one attached hydrogen (secondary N) is 3. The van der Waals surface area contributed by atoms with E-state index in [0.29, 0.717) is 37.3 Å². The molecule has 4 aromatic rings. The highest BCUT2D eigenvalue weighted by Crippen LogP contribution is 2.29. The summed E-state index contributed by atoms with van der Waals surface area (Å²) >= 11 is 0. The highest BCUT2D eigenvalue weighted by molar-refractivity contribution is 5.91. The largest absolute Gasteiger partial charge is 0.382 e. The minimum Gasteiger partial charge on any atom is -0.382 e. The van der Waals surface area contributed by atoms with Gasteiger partial charge < -0.3 is 26.5 Å². The zero-order chi connectivity index (χ0) is 24.9. The van der Waals surface area contributed by atoms with Gasteiger partial charge in [0.2, 0.25) is 5.91 Å². The molecule has 1 atom stereocenters. The zero-order valence-electron chi connectivity index (χ0n) is 20.2. The lowest BCUT2D eigenvalue weighted by atomic mass is 9.81. The lowest BCUT2D eigenvalue weighted by Crippen LogP contribution is -2.38. The van der Waals surface area contributed by atoms with Crippen molar-refractivity contribution in [3.63, 3.8) is 0 Å². The molecule has 0 unspecified atom stereocenters. The van der Waals surface area contributed by atoms with Crippen molar-refractivity contribution in [1.29, 1.82) is 0 Å². The van der Waals surface area contributed by atoms with Crippen LogP contribution in [-0.2, 0) is 16.1 Å². The predicted molar refractivity (Wildman–Crippen MR) is 140 cm³/mol. The first kappa shape index (κ1) is 24.0. The molecule has 0 saturated heterocycles. The summed E-state index contributed by atoms with van der Waals surface area (Å²) in [5, 5.41) is 11.1. The van der Waals surface area contributed by atoms with Gasteiger partial charge in [-0.15, -0.1) is 0 Å². The summed E-state index contributed by atoms with van der Waals surface area (Å²) in [5.41, 5.74) is 15.3. The van der Waals surface area contributed by atoms with Crippen molar-refractivity contribution in [2.45, 2.75) is 38.3 Å². The third-order valence-corrected chi connectivity index (χ3v) is 7.08. The van der Waals surface area contributed by atoms with Crippen LogP contribution in [0.3, 0.4) is 0 Å². The number of ether oxygens (including phenoxy) is 1. The van der Waals surface area contributed by atoms with Crippen LogP contribution in [0.15, 0.2) is 54.7 Å². The number of hydrogen-bond acceptors (Lipinski definition) is 6. The molecular weight excluding hydrogens is 454 g/mol. The van der Waals surface area contributed by atoms with Crippen LogP contribution in [0.2, 0.25) is 0 Å². The Bertz CT molecular complexity index is 1290. The number of fused-ring (bicyclic) bond motifs is 1. The Morgan fingerprint density at radius 2 is 1.94 bits per heavy atom. The van der Waals surface area contributed by atoms with Crippen molar-refractivity contribution in [3.05, 3.63) is 66.1 Å². The van der Waals surface area contributed by atoms with E-state index in [1.54, 1.807) is 0 Å². The number of hydrogen-bond donors (Lipinski definition) is 5. The van der Waals surface area contributed by atoms with Crippen LogP contribution in [0.4, 0.5) is 5.82 Å². The van der Waals surface area contributed by atoms with E-state index in [9.17, 15) is 4.79 Å². The Labute approximate surface area is 210 Å². The molecule has 9 heteroatoms. The summed E-state index contributed by atoms with van der Waals surface area (Å²) in [6.07, 6.45) is 5.56. The number of nitrogens with zero attached hydrogens (tertiary/aromatic N) is 2. The summed E-state index contributed by atoms with van der Waals surface area (Å²) in [5.74, 6) is 1.69. The van der Waals surface area contributed by atoms with Gasteiger partial charge in [-0.1, -0.05) is 36.4 Å². The molecule has 1 saturated carbocycles. The predicted octanol–water partition coefficient (Wildman–Crippen LogP) is 3.67. The number of carbonyl (C=O) groups excluding carboxylic acids is 1. The second kappa shape index (κ2) is 10.9. The van der Waals surface area contributed by atoms with Gasteiger partial charge >= 0.3 is 0 Å². The summed E-state index contributed by atoms with van der Waals surface area (Å²) in [7, 11) is 0. The molecule has 2 aromatic carbocycles. The lowest BCUT2D eigenvalue weighted by molar-refractivity contribution is -0.127. The Kier molecular flexibility index (Phi) is 7.29. The van der Waals surface area contributed by atoms with E-state index in [4.69, 9.17) is 21.2 Å². The van der Waals surface area contributed by atoms with Crippen LogP contribution >= 0.6 is 0 Å². The molecule has 0 spiro atoms. The minimum atomic E-state index is -0.395. The number of anilines is 1. The first-order valence-electron chi connectivity index (χ1n) is 12.5. The van der Waals surface area contributed by atoms with E-state index in [1.165, 1.54) is 0 Å². The molecule has 1 amide bonds. The SMILES string of the molecule is NC[C@H]1CC[C@H](C(=O)N[C@@H](COCc2ccccc2)c2nc(-c3ccc4c(N)n[nH]c4c3)c[nH]2)CC1. The maximum absolute atomic E-state index is 13.2. The van der Waals surface area contributed by atoms with E-state index in [0.717, 1.165) is 53.4 Å². The van der Waals surface area contributed by atoms with Gasteiger partial charge in [-0.25, -0.2) is 4.98 Å². The number of benzene rings is 2. The van der Waals surface area contributed by atoms with E-state index < -0.39 is 6.04 Å². The molecule has 1 aliphatic carbocycles. The summed E-state index contributed by atoms with van der Waals surface area (Å²) in [6.45, 7) is 1.46. The first-order chi connectivity index (χ1) is 17.6. The Hall–Kier alpha value is -3.69. The van der Waals surface area contributed by atoms with E-state index >= 15 is 0 Å². The number of aromatic amines is 2. The molecular formula is C27H33N7O2. The Morgan fingerprint density at radius 1 is 1.14 bits per heavy atom. The molecule has 36 heavy (non-hydrogen) atoms. The maximum atomic E-state index is 13.2. The highest BCUT2D eigenvalue weighted by atomic mass is 16.5. The van der Waals surface area contributed by atoms with Crippen LogP contribution in [0, 0.1) is 11.8 Å². The van der Waals surface area contributed by atoms with Crippen molar-refractivity contribution < 1.29 is 9.53 Å². The van der Waals surface area contributed by atoms with Crippen LogP contribution in [0.1, 0.15) is 43.1 Å². The molecule has 2 aromatic heterocycles. The molecule has 7 N–H and O–H groups in total. The molecule has 0 radical (unpaired) electrons. The molecule has 0 bridgehead atoms. The van der Waals surface area contributed by atoms with E-state index in [2.05, 4.69) is 20.5 Å². The van der Waals surface area contributed by atoms with Crippen molar-refractivity contribution in [2.75, 3.05) is 18.9 Å². The first-order valence-corrected chi connectivity index (χ1v) is 12.5. The lowest BCUT2D eigenvalue weighted by Gasteiger charge is -2.28. The third-order valence-electron chi connectivity index (χ3n) is 7.08. The minimum absolute atomic E-state index is 0.00731. The number of amides is 1. The number of aromatic nitrogens is 4.